The van der Waals surface area contributed by atoms with Gasteiger partial charge in [0.25, 0.3) is 0 Å². The zero-order valence-electron chi connectivity index (χ0n) is 9.93. The Bertz CT molecular complexity index is 516. The van der Waals surface area contributed by atoms with Crippen molar-refractivity contribution in [2.75, 3.05) is 7.11 Å². The first-order valence-electron chi connectivity index (χ1n) is 5.45. The van der Waals surface area contributed by atoms with Crippen molar-refractivity contribution in [1.82, 2.24) is 10.4 Å². The number of rotatable bonds is 4. The van der Waals surface area contributed by atoms with Crippen LogP contribution in [0.5, 0.6) is 5.75 Å². The number of benzene rings is 1. The van der Waals surface area contributed by atoms with Crippen molar-refractivity contribution in [2.45, 2.75) is 6.04 Å². The minimum atomic E-state index is -0.148. The Morgan fingerprint density at radius 1 is 1.22 bits per heavy atom. The molecule has 1 unspecified atom stereocenters. The lowest BCUT2D eigenvalue weighted by Crippen LogP contribution is -2.28. The third-order valence-corrected chi connectivity index (χ3v) is 2.93. The molecule has 0 aliphatic carbocycles. The molecular formula is C13H14ClN3O. The van der Waals surface area contributed by atoms with Gasteiger partial charge in [-0.15, -0.1) is 0 Å². The Balaban J connectivity index is 2.35. The van der Waals surface area contributed by atoms with Gasteiger partial charge in [0.1, 0.15) is 5.75 Å². The number of ether oxygens (including phenoxy) is 1. The van der Waals surface area contributed by atoms with Crippen molar-refractivity contribution in [3.05, 3.63) is 58.9 Å². The quantitative estimate of drug-likeness (QED) is 0.656. The van der Waals surface area contributed by atoms with Crippen molar-refractivity contribution in [2.24, 2.45) is 5.84 Å². The van der Waals surface area contributed by atoms with Gasteiger partial charge in [0.2, 0.25) is 0 Å². The van der Waals surface area contributed by atoms with Crippen LogP contribution in [0.25, 0.3) is 0 Å². The third kappa shape index (κ3) is 2.79. The van der Waals surface area contributed by atoms with Crippen LogP contribution in [0.3, 0.4) is 0 Å². The fourth-order valence-electron chi connectivity index (χ4n) is 1.75. The van der Waals surface area contributed by atoms with Crippen LogP contribution in [0.1, 0.15) is 17.2 Å². The SMILES string of the molecule is COc1cncc(C(NN)c2ccc(Cl)cc2)c1. The highest BCUT2D eigenvalue weighted by molar-refractivity contribution is 6.30. The fourth-order valence-corrected chi connectivity index (χ4v) is 1.87. The summed E-state index contributed by atoms with van der Waals surface area (Å²) in [5.74, 6) is 6.31. The maximum atomic E-state index is 5.87. The van der Waals surface area contributed by atoms with E-state index in [1.165, 1.54) is 0 Å². The molecule has 1 aromatic heterocycles. The molecule has 0 aliphatic heterocycles. The van der Waals surface area contributed by atoms with E-state index in [-0.39, 0.29) is 6.04 Å². The molecule has 2 rings (SSSR count). The van der Waals surface area contributed by atoms with Crippen molar-refractivity contribution >= 4 is 11.6 Å². The minimum Gasteiger partial charge on any atom is -0.495 e. The highest BCUT2D eigenvalue weighted by Gasteiger charge is 2.13. The summed E-state index contributed by atoms with van der Waals surface area (Å²) in [4.78, 5) is 4.12. The van der Waals surface area contributed by atoms with Crippen LogP contribution < -0.4 is 16.0 Å². The number of hydrogen-bond donors (Lipinski definition) is 2. The van der Waals surface area contributed by atoms with Crippen molar-refractivity contribution < 1.29 is 4.74 Å². The standard InChI is InChI=1S/C13H14ClN3O/c1-18-12-6-10(7-16-8-12)13(17-15)9-2-4-11(14)5-3-9/h2-8,13,17H,15H2,1H3. The molecule has 18 heavy (non-hydrogen) atoms. The maximum Gasteiger partial charge on any atom is 0.137 e. The van der Waals surface area contributed by atoms with Crippen LogP contribution in [-0.2, 0) is 0 Å². The van der Waals surface area contributed by atoms with E-state index in [0.717, 1.165) is 11.1 Å². The fraction of sp³-hybridized carbons (Fsp3) is 0.154. The number of hydrogen-bond acceptors (Lipinski definition) is 4. The van der Waals surface area contributed by atoms with Gasteiger partial charge in [-0.1, -0.05) is 23.7 Å². The van der Waals surface area contributed by atoms with Crippen LogP contribution in [0, 0.1) is 0 Å². The topological polar surface area (TPSA) is 60.2 Å². The number of hydrazine groups is 1. The predicted octanol–water partition coefficient (Wildman–Crippen LogP) is 2.30. The molecule has 1 atom stereocenters. The number of methoxy groups -OCH3 is 1. The molecule has 1 heterocycles. The normalized spacial score (nSPS) is 12.2. The predicted molar refractivity (Wildman–Crippen MR) is 71.4 cm³/mol. The molecule has 0 fully saturated rings. The van der Waals surface area contributed by atoms with Gasteiger partial charge >= 0.3 is 0 Å². The third-order valence-electron chi connectivity index (χ3n) is 2.67. The molecule has 0 amide bonds. The molecule has 0 saturated heterocycles. The number of nitrogens with two attached hydrogens (primary N) is 1. The zero-order valence-corrected chi connectivity index (χ0v) is 10.7. The lowest BCUT2D eigenvalue weighted by atomic mass is 10.0. The van der Waals surface area contributed by atoms with Gasteiger partial charge in [0.05, 0.1) is 19.3 Å². The van der Waals surface area contributed by atoms with Gasteiger partial charge in [0, 0.05) is 11.2 Å². The molecule has 0 spiro atoms. The molecule has 2 aromatic rings. The van der Waals surface area contributed by atoms with E-state index in [4.69, 9.17) is 22.2 Å². The largest absolute Gasteiger partial charge is 0.495 e. The summed E-state index contributed by atoms with van der Waals surface area (Å²) in [6.07, 6.45) is 3.40. The molecule has 3 N–H and O–H groups in total. The number of pyridine rings is 1. The lowest BCUT2D eigenvalue weighted by molar-refractivity contribution is 0.411. The highest BCUT2D eigenvalue weighted by Crippen LogP contribution is 2.24. The monoisotopic (exact) mass is 263 g/mol. The van der Waals surface area contributed by atoms with Gasteiger partial charge in [-0.2, -0.15) is 0 Å². The van der Waals surface area contributed by atoms with Crippen LogP contribution in [0.15, 0.2) is 42.7 Å². The summed E-state index contributed by atoms with van der Waals surface area (Å²) in [5, 5.41) is 0.693. The Labute approximate surface area is 111 Å². The number of aromatic nitrogens is 1. The Kier molecular flexibility index (Phi) is 4.15. The molecule has 0 saturated carbocycles. The smallest absolute Gasteiger partial charge is 0.137 e. The Hall–Kier alpha value is -1.62. The van der Waals surface area contributed by atoms with Gasteiger partial charge < -0.3 is 4.74 Å². The average Bonchev–Trinajstić information content (AvgIpc) is 2.42. The van der Waals surface area contributed by atoms with E-state index in [1.54, 1.807) is 19.5 Å². The first kappa shape index (κ1) is 12.8. The summed E-state index contributed by atoms with van der Waals surface area (Å²) in [5.41, 5.74) is 4.71. The molecule has 1 aromatic carbocycles. The minimum absolute atomic E-state index is 0.148. The summed E-state index contributed by atoms with van der Waals surface area (Å²) in [6, 6.07) is 9.25. The summed E-state index contributed by atoms with van der Waals surface area (Å²) in [7, 11) is 1.61. The van der Waals surface area contributed by atoms with Crippen LogP contribution in [0.4, 0.5) is 0 Å². The van der Waals surface area contributed by atoms with E-state index < -0.39 is 0 Å². The van der Waals surface area contributed by atoms with Crippen LogP contribution >= 0.6 is 11.6 Å². The first-order chi connectivity index (χ1) is 8.74. The second-order valence-corrected chi connectivity index (χ2v) is 4.25. The number of halogens is 1. The second kappa shape index (κ2) is 5.82. The van der Waals surface area contributed by atoms with E-state index in [0.29, 0.717) is 10.8 Å². The summed E-state index contributed by atoms with van der Waals surface area (Å²) < 4.78 is 5.15. The summed E-state index contributed by atoms with van der Waals surface area (Å²) >= 11 is 5.87. The first-order valence-corrected chi connectivity index (χ1v) is 5.83. The lowest BCUT2D eigenvalue weighted by Gasteiger charge is -2.17. The van der Waals surface area contributed by atoms with Gasteiger partial charge in [-0.25, -0.2) is 5.43 Å². The van der Waals surface area contributed by atoms with E-state index in [1.807, 2.05) is 30.3 Å². The molecular weight excluding hydrogens is 250 g/mol. The Morgan fingerprint density at radius 3 is 2.56 bits per heavy atom. The zero-order chi connectivity index (χ0) is 13.0. The molecule has 0 bridgehead atoms. The summed E-state index contributed by atoms with van der Waals surface area (Å²) in [6.45, 7) is 0. The molecule has 0 radical (unpaired) electrons. The maximum absolute atomic E-state index is 5.87. The average molecular weight is 264 g/mol. The Morgan fingerprint density at radius 2 is 1.94 bits per heavy atom. The number of nitrogens with one attached hydrogen (secondary N) is 1. The van der Waals surface area contributed by atoms with Crippen LogP contribution in [-0.4, -0.2) is 12.1 Å². The molecule has 4 nitrogen and oxygen atoms in total. The van der Waals surface area contributed by atoms with Crippen molar-refractivity contribution in [3.63, 3.8) is 0 Å². The van der Waals surface area contributed by atoms with Gasteiger partial charge in [-0.3, -0.25) is 10.8 Å². The van der Waals surface area contributed by atoms with Crippen molar-refractivity contribution in [1.29, 1.82) is 0 Å². The molecule has 5 heteroatoms. The second-order valence-electron chi connectivity index (χ2n) is 3.81. The van der Waals surface area contributed by atoms with E-state index in [9.17, 15) is 0 Å². The molecule has 94 valence electrons. The van der Waals surface area contributed by atoms with Crippen LogP contribution in [0.2, 0.25) is 5.02 Å². The van der Waals surface area contributed by atoms with Crippen molar-refractivity contribution in [3.8, 4) is 5.75 Å². The highest BCUT2D eigenvalue weighted by atomic mass is 35.5. The van der Waals surface area contributed by atoms with E-state index >= 15 is 0 Å². The van der Waals surface area contributed by atoms with E-state index in [2.05, 4.69) is 10.4 Å². The molecule has 0 aliphatic rings. The van der Waals surface area contributed by atoms with Gasteiger partial charge in [0.15, 0.2) is 0 Å². The van der Waals surface area contributed by atoms with Gasteiger partial charge in [-0.05, 0) is 29.3 Å². The number of nitrogens with zero attached hydrogens (tertiary/aromatic N) is 1.